The Kier molecular flexibility index (Phi) is 4.08. The number of aryl methyl sites for hydroxylation is 1. The van der Waals surface area contributed by atoms with Gasteiger partial charge in [0.25, 0.3) is 0 Å². The fourth-order valence-corrected chi connectivity index (χ4v) is 3.82. The molecule has 0 spiro atoms. The Morgan fingerprint density at radius 1 is 1.07 bits per heavy atom. The molecule has 0 bridgehead atoms. The average molecular weight is 366 g/mol. The summed E-state index contributed by atoms with van der Waals surface area (Å²) in [5.74, 6) is 3.70. The van der Waals surface area contributed by atoms with Gasteiger partial charge in [0.05, 0.1) is 0 Å². The maximum atomic E-state index is 5.81. The lowest BCUT2D eigenvalue weighted by molar-refractivity contribution is 0.101. The lowest BCUT2D eigenvalue weighted by Gasteiger charge is -2.20. The molecule has 3 aromatic heterocycles. The van der Waals surface area contributed by atoms with Crippen LogP contribution in [0, 0.1) is 0 Å². The van der Waals surface area contributed by atoms with Gasteiger partial charge in [-0.05, 0) is 25.0 Å². The molecular formula is C18H22N8O. The molecule has 0 unspecified atom stereocenters. The van der Waals surface area contributed by atoms with Crippen molar-refractivity contribution in [2.75, 3.05) is 24.6 Å². The Morgan fingerprint density at radius 2 is 2.04 bits per heavy atom. The van der Waals surface area contributed by atoms with Gasteiger partial charge in [0.1, 0.15) is 17.6 Å². The van der Waals surface area contributed by atoms with Crippen molar-refractivity contribution < 1.29 is 4.74 Å². The van der Waals surface area contributed by atoms with Crippen LogP contribution >= 0.6 is 0 Å². The number of hydrogen-bond acceptors (Lipinski definition) is 7. The van der Waals surface area contributed by atoms with Gasteiger partial charge in [-0.1, -0.05) is 0 Å². The monoisotopic (exact) mass is 366 g/mol. The summed E-state index contributed by atoms with van der Waals surface area (Å²) < 4.78 is 9.97. The van der Waals surface area contributed by atoms with Crippen LogP contribution in [0.4, 0.5) is 5.82 Å². The molecule has 27 heavy (non-hydrogen) atoms. The molecule has 1 saturated heterocycles. The first-order valence-corrected chi connectivity index (χ1v) is 9.39. The number of imidazole rings is 1. The number of nitrogens with zero attached hydrogens (tertiary/aromatic N) is 8. The average Bonchev–Trinajstić information content (AvgIpc) is 3.41. The number of anilines is 1. The highest BCUT2D eigenvalue weighted by molar-refractivity contribution is 5.51. The highest BCUT2D eigenvalue weighted by atomic mass is 16.5. The second-order valence-corrected chi connectivity index (χ2v) is 7.00. The van der Waals surface area contributed by atoms with Gasteiger partial charge in [-0.3, -0.25) is 0 Å². The molecule has 0 aliphatic carbocycles. The van der Waals surface area contributed by atoms with E-state index in [1.807, 2.05) is 29.9 Å². The predicted molar refractivity (Wildman–Crippen MR) is 98.1 cm³/mol. The summed E-state index contributed by atoms with van der Waals surface area (Å²) in [5, 5.41) is 17.6. The Hall–Kier alpha value is -2.81. The van der Waals surface area contributed by atoms with Gasteiger partial charge >= 0.3 is 0 Å². The number of hydrogen-bond donors (Lipinski definition) is 0. The minimum absolute atomic E-state index is 0.0923. The molecule has 5 heterocycles. The molecule has 1 fully saturated rings. The van der Waals surface area contributed by atoms with Crippen molar-refractivity contribution in [1.82, 2.24) is 34.5 Å². The van der Waals surface area contributed by atoms with Crippen molar-refractivity contribution in [1.29, 1.82) is 0 Å². The van der Waals surface area contributed by atoms with Crippen LogP contribution in [-0.2, 0) is 24.8 Å². The molecule has 1 atom stereocenters. The summed E-state index contributed by atoms with van der Waals surface area (Å²) in [6.07, 6.45) is 6.72. The lowest BCUT2D eigenvalue weighted by atomic mass is 10.2. The van der Waals surface area contributed by atoms with Crippen molar-refractivity contribution in [2.24, 2.45) is 7.05 Å². The number of aromatic nitrogens is 7. The summed E-state index contributed by atoms with van der Waals surface area (Å²) in [6.45, 7) is 3.35. The van der Waals surface area contributed by atoms with E-state index in [1.54, 1.807) is 6.20 Å². The van der Waals surface area contributed by atoms with Crippen molar-refractivity contribution in [3.8, 4) is 11.5 Å². The Balaban J connectivity index is 1.33. The quantitative estimate of drug-likeness (QED) is 0.692. The van der Waals surface area contributed by atoms with Crippen LogP contribution < -0.4 is 4.90 Å². The van der Waals surface area contributed by atoms with E-state index in [9.17, 15) is 0 Å². The molecule has 2 aliphatic heterocycles. The van der Waals surface area contributed by atoms with Gasteiger partial charge in [-0.25, -0.2) is 4.98 Å². The van der Waals surface area contributed by atoms with Crippen molar-refractivity contribution in [2.45, 2.75) is 31.9 Å². The number of ether oxygens (including phenoxy) is 1. The molecule has 0 aromatic carbocycles. The third kappa shape index (κ3) is 2.97. The number of fused-ring (bicyclic) bond motifs is 1. The van der Waals surface area contributed by atoms with Gasteiger partial charge in [-0.15, -0.1) is 20.4 Å². The minimum Gasteiger partial charge on any atom is -0.370 e. The van der Waals surface area contributed by atoms with Crippen LogP contribution in [0.5, 0.6) is 0 Å². The standard InChI is InChI=1S/C18H22N8O/c1-24-9-7-19-17(24)13-4-5-15(21-20-13)25-8-6-16-22-23-18(26(16)11-10-25)14-3-2-12-27-14/h4-5,7,9,14H,2-3,6,8,10-12H2,1H3/t14-/m0/s1. The zero-order valence-electron chi connectivity index (χ0n) is 15.3. The van der Waals surface area contributed by atoms with E-state index in [1.165, 1.54) is 0 Å². The highest BCUT2D eigenvalue weighted by Crippen LogP contribution is 2.28. The Labute approximate surface area is 157 Å². The summed E-state index contributed by atoms with van der Waals surface area (Å²) in [5.41, 5.74) is 0.777. The number of rotatable bonds is 3. The SMILES string of the molecule is Cn1ccnc1-c1ccc(N2CCc3nnc([C@@H]4CCCO4)n3CC2)nn1. The van der Waals surface area contributed by atoms with Crippen molar-refractivity contribution in [3.05, 3.63) is 36.2 Å². The molecular weight excluding hydrogens is 344 g/mol. The molecule has 9 nitrogen and oxygen atoms in total. The molecule has 0 N–H and O–H groups in total. The normalized spacial score (nSPS) is 19.9. The first kappa shape index (κ1) is 16.4. The van der Waals surface area contributed by atoms with E-state index in [0.717, 1.165) is 74.5 Å². The van der Waals surface area contributed by atoms with E-state index >= 15 is 0 Å². The van der Waals surface area contributed by atoms with Gasteiger partial charge in [0.2, 0.25) is 0 Å². The van der Waals surface area contributed by atoms with Crippen LogP contribution in [0.25, 0.3) is 11.5 Å². The fraction of sp³-hybridized carbons (Fsp3) is 0.500. The van der Waals surface area contributed by atoms with E-state index in [0.29, 0.717) is 0 Å². The smallest absolute Gasteiger partial charge is 0.162 e. The molecule has 140 valence electrons. The summed E-state index contributed by atoms with van der Waals surface area (Å²) in [6, 6.07) is 4.00. The van der Waals surface area contributed by atoms with E-state index in [-0.39, 0.29) is 6.10 Å². The maximum absolute atomic E-state index is 5.81. The zero-order chi connectivity index (χ0) is 18.2. The first-order valence-electron chi connectivity index (χ1n) is 9.39. The molecule has 0 radical (unpaired) electrons. The third-order valence-electron chi connectivity index (χ3n) is 5.30. The Bertz CT molecular complexity index is 925. The van der Waals surface area contributed by atoms with Crippen LogP contribution in [0.1, 0.15) is 30.6 Å². The second-order valence-electron chi connectivity index (χ2n) is 7.00. The van der Waals surface area contributed by atoms with Crippen LogP contribution in [0.15, 0.2) is 24.5 Å². The third-order valence-corrected chi connectivity index (χ3v) is 5.30. The molecule has 2 aliphatic rings. The molecule has 3 aromatic rings. The van der Waals surface area contributed by atoms with E-state index in [4.69, 9.17) is 4.74 Å². The largest absolute Gasteiger partial charge is 0.370 e. The van der Waals surface area contributed by atoms with Crippen molar-refractivity contribution in [3.63, 3.8) is 0 Å². The Morgan fingerprint density at radius 3 is 2.78 bits per heavy atom. The van der Waals surface area contributed by atoms with Crippen LogP contribution in [-0.4, -0.2) is 54.2 Å². The van der Waals surface area contributed by atoms with E-state index in [2.05, 4.69) is 34.8 Å². The topological polar surface area (TPSA) is 86.8 Å². The fourth-order valence-electron chi connectivity index (χ4n) is 3.82. The first-order chi connectivity index (χ1) is 13.3. The van der Waals surface area contributed by atoms with Gasteiger partial charge < -0.3 is 18.8 Å². The predicted octanol–water partition coefficient (Wildman–Crippen LogP) is 1.38. The lowest BCUT2D eigenvalue weighted by Crippen LogP contribution is -2.28. The van der Waals surface area contributed by atoms with Gasteiger partial charge in [0.15, 0.2) is 17.5 Å². The van der Waals surface area contributed by atoms with Gasteiger partial charge in [-0.2, -0.15) is 0 Å². The van der Waals surface area contributed by atoms with Crippen LogP contribution in [0.2, 0.25) is 0 Å². The highest BCUT2D eigenvalue weighted by Gasteiger charge is 2.27. The summed E-state index contributed by atoms with van der Waals surface area (Å²) >= 11 is 0. The molecule has 0 saturated carbocycles. The molecule has 9 heteroatoms. The summed E-state index contributed by atoms with van der Waals surface area (Å²) in [4.78, 5) is 6.58. The van der Waals surface area contributed by atoms with Crippen molar-refractivity contribution >= 4 is 5.82 Å². The summed E-state index contributed by atoms with van der Waals surface area (Å²) in [7, 11) is 1.95. The maximum Gasteiger partial charge on any atom is 0.162 e. The second kappa shape index (κ2) is 6.73. The molecule has 5 rings (SSSR count). The zero-order valence-corrected chi connectivity index (χ0v) is 15.3. The van der Waals surface area contributed by atoms with Crippen LogP contribution in [0.3, 0.4) is 0 Å². The molecule has 0 amide bonds. The van der Waals surface area contributed by atoms with Gasteiger partial charge in [0, 0.05) is 52.1 Å². The minimum atomic E-state index is 0.0923. The van der Waals surface area contributed by atoms with E-state index < -0.39 is 0 Å².